The zero-order chi connectivity index (χ0) is 18.7. The van der Waals surface area contributed by atoms with Crippen LogP contribution >= 0.6 is 11.8 Å². The Morgan fingerprint density at radius 2 is 2.19 bits per heavy atom. The number of allylic oxidation sites excluding steroid dienone is 5. The van der Waals surface area contributed by atoms with Gasteiger partial charge in [-0.15, -0.1) is 6.58 Å². The first-order chi connectivity index (χ1) is 12.5. The van der Waals surface area contributed by atoms with E-state index in [1.54, 1.807) is 24.3 Å². The van der Waals surface area contributed by atoms with Gasteiger partial charge in [0.15, 0.2) is 0 Å². The molecule has 3 rings (SSSR count). The number of carboxylic acid groups (broad SMARTS) is 1. The Labute approximate surface area is 155 Å². The maximum absolute atomic E-state index is 12.3. The van der Waals surface area contributed by atoms with Crippen LogP contribution in [-0.2, 0) is 4.79 Å². The number of hydrogen-bond donors (Lipinski definition) is 1. The smallest absolute Gasteiger partial charge is 0.335 e. The summed E-state index contributed by atoms with van der Waals surface area (Å²) in [6.45, 7) is 3.77. The highest BCUT2D eigenvalue weighted by Gasteiger charge is 2.34. The Kier molecular flexibility index (Phi) is 5.23. The van der Waals surface area contributed by atoms with Gasteiger partial charge in [0.05, 0.1) is 10.5 Å². The van der Waals surface area contributed by atoms with Crippen molar-refractivity contribution in [3.63, 3.8) is 0 Å². The highest BCUT2D eigenvalue weighted by molar-refractivity contribution is 8.18. The standard InChI is InChI=1S/C20H17NO4S/c1-2-9-21-18(22)17(26-20(21)25)11-13-5-3-6-14(10-13)15-7-4-8-16(12-15)19(23)24/h2-8,11-13H,1,9-10H2,(H,23,24)/b17-11-. The van der Waals surface area contributed by atoms with E-state index in [0.717, 1.165) is 22.9 Å². The molecule has 6 heteroatoms. The molecule has 1 fully saturated rings. The van der Waals surface area contributed by atoms with Crippen molar-refractivity contribution in [2.24, 2.45) is 5.92 Å². The van der Waals surface area contributed by atoms with Crippen LogP contribution in [0.5, 0.6) is 0 Å². The molecule has 1 aromatic carbocycles. The predicted octanol–water partition coefficient (Wildman–Crippen LogP) is 4.11. The van der Waals surface area contributed by atoms with Gasteiger partial charge in [0.2, 0.25) is 0 Å². The van der Waals surface area contributed by atoms with E-state index in [-0.39, 0.29) is 29.2 Å². The SMILES string of the molecule is C=CCN1C(=O)S/C(=C\C2C=CC=C(c3cccc(C(=O)O)c3)C2)C1=O. The Morgan fingerprint density at radius 1 is 1.38 bits per heavy atom. The minimum atomic E-state index is -0.966. The van der Waals surface area contributed by atoms with Crippen LogP contribution in [-0.4, -0.2) is 33.7 Å². The molecule has 1 unspecified atom stereocenters. The molecule has 26 heavy (non-hydrogen) atoms. The van der Waals surface area contributed by atoms with Crippen LogP contribution in [0.1, 0.15) is 22.3 Å². The molecule has 1 N–H and O–H groups in total. The van der Waals surface area contributed by atoms with Crippen LogP contribution < -0.4 is 0 Å². The van der Waals surface area contributed by atoms with Crippen molar-refractivity contribution in [1.29, 1.82) is 0 Å². The summed E-state index contributed by atoms with van der Waals surface area (Å²) in [7, 11) is 0. The number of amides is 2. The molecule has 0 aromatic heterocycles. The summed E-state index contributed by atoms with van der Waals surface area (Å²) in [4.78, 5) is 37.0. The highest BCUT2D eigenvalue weighted by Crippen LogP contribution is 2.35. The van der Waals surface area contributed by atoms with Gasteiger partial charge in [-0.25, -0.2) is 4.79 Å². The summed E-state index contributed by atoms with van der Waals surface area (Å²) < 4.78 is 0. The molecule has 1 atom stereocenters. The first-order valence-electron chi connectivity index (χ1n) is 8.07. The zero-order valence-electron chi connectivity index (χ0n) is 13.9. The Balaban J connectivity index is 1.78. The maximum Gasteiger partial charge on any atom is 0.335 e. The molecular weight excluding hydrogens is 350 g/mol. The fraction of sp³-hybridized carbons (Fsp3) is 0.150. The average Bonchev–Trinajstić information content (AvgIpc) is 2.90. The number of thioether (sulfide) groups is 1. The molecule has 2 aliphatic rings. The fourth-order valence-corrected chi connectivity index (χ4v) is 3.78. The number of carboxylic acids is 1. The van der Waals surface area contributed by atoms with E-state index in [1.807, 2.05) is 24.3 Å². The van der Waals surface area contributed by atoms with Crippen molar-refractivity contribution in [2.75, 3.05) is 6.54 Å². The number of rotatable bonds is 5. The number of hydrogen-bond acceptors (Lipinski definition) is 4. The van der Waals surface area contributed by atoms with Gasteiger partial charge >= 0.3 is 5.97 Å². The van der Waals surface area contributed by atoms with Gasteiger partial charge in [0.1, 0.15) is 0 Å². The number of carbonyl (C=O) groups is 3. The van der Waals surface area contributed by atoms with Crippen LogP contribution in [0.4, 0.5) is 4.79 Å². The van der Waals surface area contributed by atoms with E-state index < -0.39 is 5.97 Å². The normalized spacial score (nSPS) is 21.2. The highest BCUT2D eigenvalue weighted by atomic mass is 32.2. The van der Waals surface area contributed by atoms with Gasteiger partial charge in [-0.05, 0) is 41.5 Å². The van der Waals surface area contributed by atoms with Crippen molar-refractivity contribution in [3.8, 4) is 0 Å². The van der Waals surface area contributed by atoms with Crippen LogP contribution in [0.25, 0.3) is 5.57 Å². The molecule has 1 aliphatic carbocycles. The molecule has 132 valence electrons. The summed E-state index contributed by atoms with van der Waals surface area (Å²) in [6, 6.07) is 6.78. The third-order valence-electron chi connectivity index (χ3n) is 4.14. The number of benzene rings is 1. The van der Waals surface area contributed by atoms with E-state index in [4.69, 9.17) is 5.11 Å². The molecule has 1 saturated heterocycles. The van der Waals surface area contributed by atoms with Gasteiger partial charge in [-0.1, -0.05) is 42.5 Å². The second-order valence-electron chi connectivity index (χ2n) is 5.93. The van der Waals surface area contributed by atoms with Crippen molar-refractivity contribution < 1.29 is 19.5 Å². The first-order valence-corrected chi connectivity index (χ1v) is 8.88. The monoisotopic (exact) mass is 367 g/mol. The van der Waals surface area contributed by atoms with Crippen LogP contribution in [0.2, 0.25) is 0 Å². The van der Waals surface area contributed by atoms with E-state index in [0.29, 0.717) is 11.3 Å². The summed E-state index contributed by atoms with van der Waals surface area (Å²) in [6.07, 6.45) is 9.75. The molecule has 1 heterocycles. The fourth-order valence-electron chi connectivity index (χ4n) is 2.88. The van der Waals surface area contributed by atoms with E-state index in [1.165, 1.54) is 11.0 Å². The second kappa shape index (κ2) is 7.58. The lowest BCUT2D eigenvalue weighted by Gasteiger charge is -2.16. The summed E-state index contributed by atoms with van der Waals surface area (Å²) in [5.74, 6) is -1.30. The average molecular weight is 367 g/mol. The van der Waals surface area contributed by atoms with Gasteiger partial charge in [0.25, 0.3) is 11.1 Å². The van der Waals surface area contributed by atoms with Crippen LogP contribution in [0, 0.1) is 5.92 Å². The number of imide groups is 1. The number of nitrogens with zero attached hydrogens (tertiary/aromatic N) is 1. The summed E-state index contributed by atoms with van der Waals surface area (Å²) >= 11 is 0.938. The van der Waals surface area contributed by atoms with Crippen LogP contribution in [0.15, 0.2) is 66.1 Å². The Morgan fingerprint density at radius 3 is 2.92 bits per heavy atom. The largest absolute Gasteiger partial charge is 0.478 e. The summed E-state index contributed by atoms with van der Waals surface area (Å²) in [5, 5.41) is 8.86. The first kappa shape index (κ1) is 17.9. The van der Waals surface area contributed by atoms with Crippen molar-refractivity contribution in [1.82, 2.24) is 4.90 Å². The van der Waals surface area contributed by atoms with Gasteiger partial charge in [-0.2, -0.15) is 0 Å². The topological polar surface area (TPSA) is 74.7 Å². The maximum atomic E-state index is 12.3. The number of aromatic carboxylic acids is 1. The molecule has 1 aliphatic heterocycles. The quantitative estimate of drug-likeness (QED) is 0.626. The predicted molar refractivity (Wildman–Crippen MR) is 102 cm³/mol. The number of carbonyl (C=O) groups excluding carboxylic acids is 2. The lowest BCUT2D eigenvalue weighted by molar-refractivity contribution is -0.122. The van der Waals surface area contributed by atoms with Gasteiger partial charge in [-0.3, -0.25) is 14.5 Å². The van der Waals surface area contributed by atoms with Crippen LogP contribution in [0.3, 0.4) is 0 Å². The van der Waals surface area contributed by atoms with Gasteiger partial charge in [0, 0.05) is 12.5 Å². The lowest BCUT2D eigenvalue weighted by atomic mass is 9.89. The van der Waals surface area contributed by atoms with Gasteiger partial charge < -0.3 is 5.11 Å². The van der Waals surface area contributed by atoms with E-state index >= 15 is 0 Å². The summed E-state index contributed by atoms with van der Waals surface area (Å²) in [5.41, 5.74) is 2.06. The van der Waals surface area contributed by atoms with Crippen molar-refractivity contribution >= 4 is 34.5 Å². The zero-order valence-corrected chi connectivity index (χ0v) is 14.7. The third-order valence-corrected chi connectivity index (χ3v) is 5.07. The van der Waals surface area contributed by atoms with Crippen molar-refractivity contribution in [2.45, 2.75) is 6.42 Å². The minimum absolute atomic E-state index is 0.0357. The lowest BCUT2D eigenvalue weighted by Crippen LogP contribution is -2.28. The molecule has 0 radical (unpaired) electrons. The molecule has 0 spiro atoms. The molecular formula is C20H17NO4S. The molecule has 2 amide bonds. The van der Waals surface area contributed by atoms with E-state index in [9.17, 15) is 14.4 Å². The van der Waals surface area contributed by atoms with Crippen molar-refractivity contribution in [3.05, 3.63) is 77.3 Å². The second-order valence-corrected chi connectivity index (χ2v) is 6.93. The molecule has 5 nitrogen and oxygen atoms in total. The minimum Gasteiger partial charge on any atom is -0.478 e. The Bertz CT molecular complexity index is 882. The molecule has 1 aromatic rings. The van der Waals surface area contributed by atoms with E-state index in [2.05, 4.69) is 6.58 Å². The Hall–Kier alpha value is -2.86. The molecule has 0 bridgehead atoms. The third kappa shape index (κ3) is 3.70. The molecule has 0 saturated carbocycles.